The molecule has 0 aliphatic heterocycles. The molecule has 1 heterocycles. The maximum Gasteiger partial charge on any atom is 0.231 e. The van der Waals surface area contributed by atoms with Crippen LogP contribution in [0, 0.1) is 17.2 Å². The highest BCUT2D eigenvalue weighted by Crippen LogP contribution is 2.45. The second kappa shape index (κ2) is 4.49. The Kier molecular flexibility index (Phi) is 2.69. The summed E-state index contributed by atoms with van der Waals surface area (Å²) in [7, 11) is 0. The number of aromatic nitrogens is 2. The fourth-order valence-corrected chi connectivity index (χ4v) is 1.75. The molecule has 5 heteroatoms. The van der Waals surface area contributed by atoms with E-state index >= 15 is 0 Å². The molecule has 0 N–H and O–H groups in total. The standard InChI is InChI=1S/C13H11N3O2/c14-7-9-6-11(9)13-15-12(16-18-13)8-17-10-4-2-1-3-5-10/h1-5,9,11H,6,8H2. The van der Waals surface area contributed by atoms with Crippen LogP contribution in [-0.2, 0) is 6.61 Å². The van der Waals surface area contributed by atoms with Crippen LogP contribution >= 0.6 is 0 Å². The Balaban J connectivity index is 1.60. The Hall–Kier alpha value is -2.35. The van der Waals surface area contributed by atoms with E-state index in [2.05, 4.69) is 16.2 Å². The summed E-state index contributed by atoms with van der Waals surface area (Å²) in [5, 5.41) is 12.6. The van der Waals surface area contributed by atoms with Gasteiger partial charge in [-0.15, -0.1) is 0 Å². The molecule has 1 saturated carbocycles. The van der Waals surface area contributed by atoms with Crippen molar-refractivity contribution in [2.45, 2.75) is 18.9 Å². The van der Waals surface area contributed by atoms with Gasteiger partial charge in [-0.1, -0.05) is 23.4 Å². The smallest absolute Gasteiger partial charge is 0.231 e. The maximum atomic E-state index is 8.73. The molecule has 2 aromatic rings. The molecule has 0 amide bonds. The van der Waals surface area contributed by atoms with Crippen molar-refractivity contribution in [2.24, 2.45) is 5.92 Å². The lowest BCUT2D eigenvalue weighted by Crippen LogP contribution is -1.97. The highest BCUT2D eigenvalue weighted by atomic mass is 16.5. The van der Waals surface area contributed by atoms with Gasteiger partial charge in [0.1, 0.15) is 5.75 Å². The third-order valence-corrected chi connectivity index (χ3v) is 2.87. The molecule has 3 rings (SSSR count). The van der Waals surface area contributed by atoms with Crippen LogP contribution in [0.25, 0.3) is 0 Å². The number of ether oxygens (including phenoxy) is 1. The SMILES string of the molecule is N#CC1CC1c1nc(COc2ccccc2)no1. The fourth-order valence-electron chi connectivity index (χ4n) is 1.75. The number of rotatable bonds is 4. The largest absolute Gasteiger partial charge is 0.485 e. The molecule has 18 heavy (non-hydrogen) atoms. The first-order chi connectivity index (χ1) is 8.86. The van der Waals surface area contributed by atoms with Crippen molar-refractivity contribution in [2.75, 3.05) is 0 Å². The molecule has 1 aromatic carbocycles. The van der Waals surface area contributed by atoms with Crippen LogP contribution in [0.5, 0.6) is 5.75 Å². The number of nitriles is 1. The van der Waals surface area contributed by atoms with Gasteiger partial charge >= 0.3 is 0 Å². The maximum absolute atomic E-state index is 8.73. The molecule has 0 radical (unpaired) electrons. The molecule has 1 aromatic heterocycles. The number of benzene rings is 1. The van der Waals surface area contributed by atoms with E-state index in [1.807, 2.05) is 30.3 Å². The zero-order valence-electron chi connectivity index (χ0n) is 9.61. The monoisotopic (exact) mass is 241 g/mol. The lowest BCUT2D eigenvalue weighted by atomic mass is 10.3. The second-order valence-corrected chi connectivity index (χ2v) is 4.23. The minimum atomic E-state index is 0.0355. The van der Waals surface area contributed by atoms with Crippen molar-refractivity contribution in [1.29, 1.82) is 5.26 Å². The molecule has 1 fully saturated rings. The molecule has 1 aliphatic carbocycles. The van der Waals surface area contributed by atoms with E-state index in [-0.39, 0.29) is 18.4 Å². The van der Waals surface area contributed by atoms with E-state index in [1.165, 1.54) is 0 Å². The van der Waals surface area contributed by atoms with Crippen molar-refractivity contribution in [3.63, 3.8) is 0 Å². The number of nitrogens with zero attached hydrogens (tertiary/aromatic N) is 3. The summed E-state index contributed by atoms with van der Waals surface area (Å²) in [4.78, 5) is 4.23. The molecule has 2 unspecified atom stereocenters. The third kappa shape index (κ3) is 2.18. The molecular formula is C13H11N3O2. The Morgan fingerprint density at radius 2 is 2.22 bits per heavy atom. The van der Waals surface area contributed by atoms with E-state index < -0.39 is 0 Å². The van der Waals surface area contributed by atoms with E-state index in [1.54, 1.807) is 0 Å². The van der Waals surface area contributed by atoms with Crippen molar-refractivity contribution in [3.8, 4) is 11.8 Å². The summed E-state index contributed by atoms with van der Waals surface area (Å²) >= 11 is 0. The molecule has 0 spiro atoms. The van der Waals surface area contributed by atoms with Gasteiger partial charge in [-0.25, -0.2) is 0 Å². The predicted octanol–water partition coefficient (Wildman–Crippen LogP) is 2.28. The highest BCUT2D eigenvalue weighted by Gasteiger charge is 2.43. The van der Waals surface area contributed by atoms with Gasteiger partial charge in [-0.2, -0.15) is 10.2 Å². The van der Waals surface area contributed by atoms with Gasteiger partial charge in [0.15, 0.2) is 6.61 Å². The van der Waals surface area contributed by atoms with Crippen LogP contribution in [-0.4, -0.2) is 10.1 Å². The first-order valence-electron chi connectivity index (χ1n) is 5.77. The Labute approximate surface area is 104 Å². The lowest BCUT2D eigenvalue weighted by molar-refractivity contribution is 0.285. The fraction of sp³-hybridized carbons (Fsp3) is 0.308. The Bertz CT molecular complexity index is 573. The van der Waals surface area contributed by atoms with E-state index in [0.29, 0.717) is 11.7 Å². The molecule has 90 valence electrons. The number of para-hydroxylation sites is 1. The lowest BCUT2D eigenvalue weighted by Gasteiger charge is -2.01. The minimum absolute atomic E-state index is 0.0355. The second-order valence-electron chi connectivity index (χ2n) is 4.23. The first-order valence-corrected chi connectivity index (χ1v) is 5.77. The average molecular weight is 241 g/mol. The molecule has 0 saturated heterocycles. The summed E-state index contributed by atoms with van der Waals surface area (Å²) < 4.78 is 10.6. The van der Waals surface area contributed by atoms with E-state index in [9.17, 15) is 0 Å². The first kappa shape index (κ1) is 10.8. The van der Waals surface area contributed by atoms with Gasteiger partial charge in [-0.3, -0.25) is 0 Å². The zero-order chi connectivity index (χ0) is 12.4. The summed E-state index contributed by atoms with van der Waals surface area (Å²) in [5.41, 5.74) is 0. The third-order valence-electron chi connectivity index (χ3n) is 2.87. The van der Waals surface area contributed by atoms with Crippen LogP contribution in [0.3, 0.4) is 0 Å². The average Bonchev–Trinajstić information content (AvgIpc) is 3.07. The summed E-state index contributed by atoms with van der Waals surface area (Å²) in [6, 6.07) is 11.7. The van der Waals surface area contributed by atoms with E-state index in [0.717, 1.165) is 12.2 Å². The molecule has 2 atom stereocenters. The van der Waals surface area contributed by atoms with Gasteiger partial charge in [0, 0.05) is 0 Å². The topological polar surface area (TPSA) is 71.9 Å². The van der Waals surface area contributed by atoms with Crippen LogP contribution in [0.2, 0.25) is 0 Å². The van der Waals surface area contributed by atoms with Gasteiger partial charge in [0.05, 0.1) is 17.9 Å². The summed E-state index contributed by atoms with van der Waals surface area (Å²) in [6.07, 6.45) is 0.817. The Morgan fingerprint density at radius 3 is 2.94 bits per heavy atom. The van der Waals surface area contributed by atoms with Crippen LogP contribution < -0.4 is 4.74 Å². The van der Waals surface area contributed by atoms with Crippen molar-refractivity contribution >= 4 is 0 Å². The molecule has 0 bridgehead atoms. The van der Waals surface area contributed by atoms with Gasteiger partial charge in [0.25, 0.3) is 0 Å². The molecule has 1 aliphatic rings. The number of hydrogen-bond acceptors (Lipinski definition) is 5. The van der Waals surface area contributed by atoms with Crippen LogP contribution in [0.15, 0.2) is 34.9 Å². The van der Waals surface area contributed by atoms with Gasteiger partial charge in [-0.05, 0) is 18.6 Å². The van der Waals surface area contributed by atoms with Gasteiger partial charge in [0.2, 0.25) is 11.7 Å². The summed E-state index contributed by atoms with van der Waals surface area (Å²) in [5.74, 6) is 1.98. The quantitative estimate of drug-likeness (QED) is 0.821. The minimum Gasteiger partial charge on any atom is -0.485 e. The zero-order valence-corrected chi connectivity index (χ0v) is 9.61. The van der Waals surface area contributed by atoms with Gasteiger partial charge < -0.3 is 9.26 Å². The predicted molar refractivity (Wildman–Crippen MR) is 61.5 cm³/mol. The molecular weight excluding hydrogens is 230 g/mol. The molecule has 5 nitrogen and oxygen atoms in total. The summed E-state index contributed by atoms with van der Waals surface area (Å²) in [6.45, 7) is 0.275. The van der Waals surface area contributed by atoms with Crippen molar-refractivity contribution in [1.82, 2.24) is 10.1 Å². The van der Waals surface area contributed by atoms with Crippen LogP contribution in [0.4, 0.5) is 0 Å². The van der Waals surface area contributed by atoms with E-state index in [4.69, 9.17) is 14.5 Å². The normalized spacial score (nSPS) is 21.3. The van der Waals surface area contributed by atoms with Crippen LogP contribution in [0.1, 0.15) is 24.1 Å². The Morgan fingerprint density at radius 1 is 1.39 bits per heavy atom. The number of hydrogen-bond donors (Lipinski definition) is 0. The highest BCUT2D eigenvalue weighted by molar-refractivity contribution is 5.21. The van der Waals surface area contributed by atoms with Crippen molar-refractivity contribution in [3.05, 3.63) is 42.0 Å². The van der Waals surface area contributed by atoms with Crippen molar-refractivity contribution < 1.29 is 9.26 Å².